The van der Waals surface area contributed by atoms with E-state index in [9.17, 15) is 4.79 Å². The first kappa shape index (κ1) is 14.4. The van der Waals surface area contributed by atoms with Crippen molar-refractivity contribution in [1.82, 2.24) is 10.3 Å². The molecule has 106 valence electrons. The SMILES string of the molecule is Cc1nc(SCC(=O)NCC2CCCCC2)oc1C. The van der Waals surface area contributed by atoms with E-state index in [0.717, 1.165) is 18.0 Å². The monoisotopic (exact) mass is 282 g/mol. The number of carbonyl (C=O) groups excluding carboxylic acids is 1. The van der Waals surface area contributed by atoms with Crippen LogP contribution in [-0.2, 0) is 4.79 Å². The third-order valence-corrected chi connectivity index (χ3v) is 4.48. The lowest BCUT2D eigenvalue weighted by atomic mass is 9.89. The van der Waals surface area contributed by atoms with Crippen molar-refractivity contribution in [3.8, 4) is 0 Å². The van der Waals surface area contributed by atoms with Gasteiger partial charge in [-0.3, -0.25) is 4.79 Å². The van der Waals surface area contributed by atoms with Crippen LogP contribution >= 0.6 is 11.8 Å². The van der Waals surface area contributed by atoms with Gasteiger partial charge < -0.3 is 9.73 Å². The summed E-state index contributed by atoms with van der Waals surface area (Å²) in [4.78, 5) is 16.0. The molecule has 1 heterocycles. The maximum absolute atomic E-state index is 11.7. The van der Waals surface area contributed by atoms with Crippen molar-refractivity contribution in [2.45, 2.75) is 51.2 Å². The van der Waals surface area contributed by atoms with Gasteiger partial charge in [0, 0.05) is 6.54 Å². The Balaban J connectivity index is 1.66. The largest absolute Gasteiger partial charge is 0.437 e. The first-order valence-electron chi connectivity index (χ1n) is 6.98. The lowest BCUT2D eigenvalue weighted by Gasteiger charge is -2.21. The third-order valence-electron chi connectivity index (χ3n) is 3.65. The standard InChI is InChI=1S/C14H22N2O2S/c1-10-11(2)18-14(16-10)19-9-13(17)15-8-12-6-4-3-5-7-12/h12H,3-9H2,1-2H3,(H,15,17). The zero-order valence-electron chi connectivity index (χ0n) is 11.7. The van der Waals surface area contributed by atoms with Gasteiger partial charge in [-0.05, 0) is 32.6 Å². The van der Waals surface area contributed by atoms with Crippen molar-refractivity contribution in [1.29, 1.82) is 0 Å². The van der Waals surface area contributed by atoms with Gasteiger partial charge >= 0.3 is 0 Å². The smallest absolute Gasteiger partial charge is 0.256 e. The van der Waals surface area contributed by atoms with E-state index in [4.69, 9.17) is 4.42 Å². The number of aryl methyl sites for hydroxylation is 2. The number of nitrogens with one attached hydrogen (secondary N) is 1. The fourth-order valence-corrected chi connectivity index (χ4v) is 3.07. The van der Waals surface area contributed by atoms with Gasteiger partial charge in [0.05, 0.1) is 11.4 Å². The first-order chi connectivity index (χ1) is 9.15. The van der Waals surface area contributed by atoms with Gasteiger partial charge in [-0.1, -0.05) is 31.0 Å². The first-order valence-corrected chi connectivity index (χ1v) is 7.97. The number of aromatic nitrogens is 1. The molecule has 1 aliphatic carbocycles. The predicted molar refractivity (Wildman–Crippen MR) is 76.3 cm³/mol. The summed E-state index contributed by atoms with van der Waals surface area (Å²) in [5.41, 5.74) is 0.894. The van der Waals surface area contributed by atoms with Gasteiger partial charge in [-0.25, -0.2) is 4.98 Å². The molecule has 0 aliphatic heterocycles. The van der Waals surface area contributed by atoms with Gasteiger partial charge in [0.25, 0.3) is 5.22 Å². The number of hydrogen-bond donors (Lipinski definition) is 1. The van der Waals surface area contributed by atoms with Crippen LogP contribution in [0, 0.1) is 19.8 Å². The number of carbonyl (C=O) groups is 1. The quantitative estimate of drug-likeness (QED) is 0.843. The van der Waals surface area contributed by atoms with E-state index in [1.54, 1.807) is 0 Å². The molecule has 1 aliphatic rings. The van der Waals surface area contributed by atoms with Crippen molar-refractivity contribution in [3.05, 3.63) is 11.5 Å². The van der Waals surface area contributed by atoms with Gasteiger partial charge in [0.1, 0.15) is 5.76 Å². The van der Waals surface area contributed by atoms with Crippen LogP contribution in [0.25, 0.3) is 0 Å². The molecule has 0 unspecified atom stereocenters. The zero-order valence-corrected chi connectivity index (χ0v) is 12.5. The Morgan fingerprint density at radius 3 is 2.74 bits per heavy atom. The Kier molecular flexibility index (Phi) is 5.31. The van der Waals surface area contributed by atoms with E-state index in [1.807, 2.05) is 13.8 Å². The topological polar surface area (TPSA) is 55.1 Å². The molecule has 0 bridgehead atoms. The minimum absolute atomic E-state index is 0.0732. The second-order valence-corrected chi connectivity index (χ2v) is 6.14. The fourth-order valence-electron chi connectivity index (χ4n) is 2.33. The average Bonchev–Trinajstić information content (AvgIpc) is 2.74. The Morgan fingerprint density at radius 1 is 1.37 bits per heavy atom. The van der Waals surface area contributed by atoms with Crippen LogP contribution in [-0.4, -0.2) is 23.2 Å². The normalized spacial score (nSPS) is 16.5. The Bertz CT molecular complexity index is 406. The summed E-state index contributed by atoms with van der Waals surface area (Å²) >= 11 is 1.36. The van der Waals surface area contributed by atoms with Gasteiger partial charge in [0.2, 0.25) is 5.91 Å². The summed E-state index contributed by atoms with van der Waals surface area (Å²) in [6.45, 7) is 4.62. The summed E-state index contributed by atoms with van der Waals surface area (Å²) < 4.78 is 5.43. The zero-order chi connectivity index (χ0) is 13.7. The maximum atomic E-state index is 11.7. The number of nitrogens with zero attached hydrogens (tertiary/aromatic N) is 1. The number of amides is 1. The number of hydrogen-bond acceptors (Lipinski definition) is 4. The molecule has 1 amide bonds. The molecular formula is C14H22N2O2S. The van der Waals surface area contributed by atoms with Crippen LogP contribution < -0.4 is 5.32 Å². The Morgan fingerprint density at radius 2 is 2.11 bits per heavy atom. The highest BCUT2D eigenvalue weighted by atomic mass is 32.2. The molecule has 0 aromatic carbocycles. The van der Waals surface area contributed by atoms with Crippen LogP contribution in [0.3, 0.4) is 0 Å². The number of rotatable bonds is 5. The van der Waals surface area contributed by atoms with E-state index >= 15 is 0 Å². The maximum Gasteiger partial charge on any atom is 0.256 e. The molecule has 0 saturated heterocycles. The van der Waals surface area contributed by atoms with Crippen molar-refractivity contribution >= 4 is 17.7 Å². The highest BCUT2D eigenvalue weighted by Gasteiger charge is 2.15. The van der Waals surface area contributed by atoms with Crippen molar-refractivity contribution < 1.29 is 9.21 Å². The predicted octanol–water partition coefficient (Wildman–Crippen LogP) is 3.08. The van der Waals surface area contributed by atoms with Gasteiger partial charge in [-0.2, -0.15) is 0 Å². The third kappa shape index (κ3) is 4.56. The van der Waals surface area contributed by atoms with Crippen LogP contribution in [0.5, 0.6) is 0 Å². The molecule has 0 spiro atoms. The summed E-state index contributed by atoms with van der Waals surface area (Å²) in [5, 5.41) is 3.60. The lowest BCUT2D eigenvalue weighted by molar-refractivity contribution is -0.118. The molecule has 0 atom stereocenters. The van der Waals surface area contributed by atoms with Crippen molar-refractivity contribution in [2.24, 2.45) is 5.92 Å². The highest BCUT2D eigenvalue weighted by Crippen LogP contribution is 2.23. The summed E-state index contributed by atoms with van der Waals surface area (Å²) in [5.74, 6) is 1.95. The molecule has 1 aromatic heterocycles. The van der Waals surface area contributed by atoms with Crippen LogP contribution in [0.2, 0.25) is 0 Å². The Labute approximate surface area is 118 Å². The molecule has 1 aromatic rings. The molecule has 0 radical (unpaired) electrons. The van der Waals surface area contributed by atoms with Gasteiger partial charge in [0.15, 0.2) is 0 Å². The van der Waals surface area contributed by atoms with E-state index in [0.29, 0.717) is 16.9 Å². The molecule has 5 heteroatoms. The van der Waals surface area contributed by atoms with E-state index in [1.165, 1.54) is 43.9 Å². The number of thioether (sulfide) groups is 1. The van der Waals surface area contributed by atoms with Crippen molar-refractivity contribution in [3.63, 3.8) is 0 Å². The summed E-state index contributed by atoms with van der Waals surface area (Å²) in [7, 11) is 0. The minimum atomic E-state index is 0.0732. The van der Waals surface area contributed by atoms with Crippen LogP contribution in [0.4, 0.5) is 0 Å². The molecule has 1 saturated carbocycles. The van der Waals surface area contributed by atoms with Crippen LogP contribution in [0.1, 0.15) is 43.6 Å². The van der Waals surface area contributed by atoms with Gasteiger partial charge in [-0.15, -0.1) is 0 Å². The van der Waals surface area contributed by atoms with Crippen molar-refractivity contribution in [2.75, 3.05) is 12.3 Å². The highest BCUT2D eigenvalue weighted by molar-refractivity contribution is 7.99. The summed E-state index contributed by atoms with van der Waals surface area (Å²) in [6, 6.07) is 0. The Hall–Kier alpha value is -0.970. The molecular weight excluding hydrogens is 260 g/mol. The van der Waals surface area contributed by atoms with E-state index < -0.39 is 0 Å². The average molecular weight is 282 g/mol. The molecule has 19 heavy (non-hydrogen) atoms. The molecule has 1 N–H and O–H groups in total. The van der Waals surface area contributed by atoms with E-state index in [2.05, 4.69) is 10.3 Å². The molecule has 2 rings (SSSR count). The van der Waals surface area contributed by atoms with Crippen LogP contribution in [0.15, 0.2) is 9.64 Å². The fraction of sp³-hybridized carbons (Fsp3) is 0.714. The second kappa shape index (κ2) is 6.98. The molecule has 4 nitrogen and oxygen atoms in total. The minimum Gasteiger partial charge on any atom is -0.437 e. The lowest BCUT2D eigenvalue weighted by Crippen LogP contribution is -2.31. The molecule has 1 fully saturated rings. The van der Waals surface area contributed by atoms with E-state index in [-0.39, 0.29) is 5.91 Å². The number of oxazole rings is 1. The second-order valence-electron chi connectivity index (χ2n) is 5.22. The summed E-state index contributed by atoms with van der Waals surface area (Å²) in [6.07, 6.45) is 6.48.